The first-order valence-electron chi connectivity index (χ1n) is 5.72. The molecular formula is C12H15N5O2. The Hall–Kier alpha value is -2.41. The van der Waals surface area contributed by atoms with E-state index in [9.17, 15) is 4.79 Å². The zero-order chi connectivity index (χ0) is 13.7. The molecule has 0 saturated carbocycles. The molecule has 4 N–H and O–H groups in total. The fourth-order valence-electron chi connectivity index (χ4n) is 1.66. The van der Waals surface area contributed by atoms with E-state index in [1.807, 2.05) is 24.3 Å². The van der Waals surface area contributed by atoms with Crippen molar-refractivity contribution < 1.29 is 9.53 Å². The third-order valence-corrected chi connectivity index (χ3v) is 2.58. The number of carbonyl (C=O) groups is 1. The predicted molar refractivity (Wildman–Crippen MR) is 69.1 cm³/mol. The van der Waals surface area contributed by atoms with Gasteiger partial charge in [0.2, 0.25) is 11.8 Å². The molecule has 0 unspecified atom stereocenters. The van der Waals surface area contributed by atoms with E-state index in [1.54, 1.807) is 7.11 Å². The number of hydrogen-bond donors (Lipinski definition) is 3. The summed E-state index contributed by atoms with van der Waals surface area (Å²) in [6.07, 6.45) is 0. The van der Waals surface area contributed by atoms with E-state index in [0.29, 0.717) is 13.2 Å². The lowest BCUT2D eigenvalue weighted by atomic mass is 10.1. The zero-order valence-electron chi connectivity index (χ0n) is 10.5. The molecular weight excluding hydrogens is 246 g/mol. The molecule has 0 aliphatic rings. The topological polar surface area (TPSA) is 106 Å². The Labute approximate surface area is 110 Å². The molecule has 7 heteroatoms. The molecule has 0 bridgehead atoms. The number of methoxy groups -OCH3 is 1. The molecule has 0 saturated heterocycles. The normalized spacial score (nSPS) is 10.4. The summed E-state index contributed by atoms with van der Waals surface area (Å²) in [5.74, 6) is -0.205. The molecule has 19 heavy (non-hydrogen) atoms. The van der Waals surface area contributed by atoms with Gasteiger partial charge in [0.1, 0.15) is 0 Å². The van der Waals surface area contributed by atoms with Crippen LogP contribution in [0.2, 0.25) is 0 Å². The Morgan fingerprint density at radius 2 is 2.16 bits per heavy atom. The maximum atomic E-state index is 11.8. The summed E-state index contributed by atoms with van der Waals surface area (Å²) in [7, 11) is 1.63. The van der Waals surface area contributed by atoms with Crippen LogP contribution >= 0.6 is 0 Å². The summed E-state index contributed by atoms with van der Waals surface area (Å²) in [6.45, 7) is 0.889. The Morgan fingerprint density at radius 3 is 2.79 bits per heavy atom. The molecule has 2 rings (SSSR count). The number of nitrogens with one attached hydrogen (secondary N) is 2. The number of ether oxygens (including phenoxy) is 1. The summed E-state index contributed by atoms with van der Waals surface area (Å²) in [6, 6.07) is 7.73. The lowest BCUT2D eigenvalue weighted by Crippen LogP contribution is -2.24. The number of nitrogens with two attached hydrogens (primary N) is 1. The van der Waals surface area contributed by atoms with E-state index in [-0.39, 0.29) is 17.7 Å². The Bertz CT molecular complexity index is 567. The van der Waals surface area contributed by atoms with E-state index in [0.717, 1.165) is 11.1 Å². The average molecular weight is 261 g/mol. The van der Waals surface area contributed by atoms with Crippen molar-refractivity contribution in [3.63, 3.8) is 0 Å². The minimum Gasteiger partial charge on any atom is -0.380 e. The quantitative estimate of drug-likeness (QED) is 0.725. The first-order valence-corrected chi connectivity index (χ1v) is 5.72. The number of aromatic amines is 1. The maximum absolute atomic E-state index is 11.8. The van der Waals surface area contributed by atoms with Gasteiger partial charge in [-0.15, -0.1) is 5.10 Å². The third kappa shape index (κ3) is 3.29. The molecule has 0 atom stereocenters. The summed E-state index contributed by atoms with van der Waals surface area (Å²) in [5, 5.41) is 8.80. The van der Waals surface area contributed by atoms with Crippen LogP contribution in [0, 0.1) is 0 Å². The number of benzene rings is 1. The fourth-order valence-corrected chi connectivity index (χ4v) is 1.66. The molecule has 1 amide bonds. The molecule has 1 heterocycles. The van der Waals surface area contributed by atoms with Crippen LogP contribution in [-0.4, -0.2) is 28.2 Å². The first-order chi connectivity index (χ1) is 9.20. The molecule has 7 nitrogen and oxygen atoms in total. The SMILES string of the molecule is COCc1ccccc1CNC(=O)c1nc(N)n[nH]1. The number of nitrogens with zero attached hydrogens (tertiary/aromatic N) is 2. The number of anilines is 1. The highest BCUT2D eigenvalue weighted by Crippen LogP contribution is 2.09. The Kier molecular flexibility index (Phi) is 4.09. The zero-order valence-corrected chi connectivity index (χ0v) is 10.5. The molecule has 2 aromatic rings. The second kappa shape index (κ2) is 5.96. The highest BCUT2D eigenvalue weighted by Gasteiger charge is 2.10. The number of aromatic nitrogens is 3. The van der Waals surface area contributed by atoms with Crippen LogP contribution in [0.5, 0.6) is 0 Å². The van der Waals surface area contributed by atoms with Crippen LogP contribution in [0.25, 0.3) is 0 Å². The molecule has 0 aliphatic heterocycles. The van der Waals surface area contributed by atoms with Gasteiger partial charge in [-0.1, -0.05) is 24.3 Å². The summed E-state index contributed by atoms with van der Waals surface area (Å²) in [4.78, 5) is 15.5. The monoisotopic (exact) mass is 261 g/mol. The third-order valence-electron chi connectivity index (χ3n) is 2.58. The lowest BCUT2D eigenvalue weighted by Gasteiger charge is -2.09. The minimum atomic E-state index is -0.351. The molecule has 0 fully saturated rings. The van der Waals surface area contributed by atoms with E-state index >= 15 is 0 Å². The number of rotatable bonds is 5. The number of carbonyl (C=O) groups excluding carboxylic acids is 1. The maximum Gasteiger partial charge on any atom is 0.288 e. The van der Waals surface area contributed by atoms with Gasteiger partial charge in [-0.05, 0) is 11.1 Å². The van der Waals surface area contributed by atoms with Gasteiger partial charge in [-0.25, -0.2) is 0 Å². The van der Waals surface area contributed by atoms with Gasteiger partial charge in [0, 0.05) is 13.7 Å². The fraction of sp³-hybridized carbons (Fsp3) is 0.250. The van der Waals surface area contributed by atoms with Crippen molar-refractivity contribution in [3.05, 3.63) is 41.2 Å². The van der Waals surface area contributed by atoms with E-state index in [2.05, 4.69) is 20.5 Å². The van der Waals surface area contributed by atoms with Gasteiger partial charge in [-0.3, -0.25) is 9.89 Å². The van der Waals surface area contributed by atoms with Crippen LogP contribution < -0.4 is 11.1 Å². The van der Waals surface area contributed by atoms with Crippen molar-refractivity contribution in [1.29, 1.82) is 0 Å². The number of amides is 1. The van der Waals surface area contributed by atoms with Crippen LogP contribution in [0.4, 0.5) is 5.95 Å². The van der Waals surface area contributed by atoms with Crippen molar-refractivity contribution in [2.75, 3.05) is 12.8 Å². The van der Waals surface area contributed by atoms with Crippen LogP contribution in [0.1, 0.15) is 21.7 Å². The largest absolute Gasteiger partial charge is 0.380 e. The van der Waals surface area contributed by atoms with Crippen LogP contribution in [0.3, 0.4) is 0 Å². The van der Waals surface area contributed by atoms with Crippen molar-refractivity contribution >= 4 is 11.9 Å². The number of hydrogen-bond acceptors (Lipinski definition) is 5. The number of H-pyrrole nitrogens is 1. The molecule has 1 aromatic heterocycles. The van der Waals surface area contributed by atoms with Gasteiger partial charge in [0.25, 0.3) is 5.91 Å². The van der Waals surface area contributed by atoms with Gasteiger partial charge >= 0.3 is 0 Å². The summed E-state index contributed by atoms with van der Waals surface area (Å²) < 4.78 is 5.11. The lowest BCUT2D eigenvalue weighted by molar-refractivity contribution is 0.0940. The first kappa shape index (κ1) is 13.0. The standard InChI is InChI=1S/C12H15N5O2/c1-19-7-9-5-3-2-4-8(9)6-14-11(18)10-15-12(13)17-16-10/h2-5H,6-7H2,1H3,(H,14,18)(H3,13,15,16,17). The molecule has 0 radical (unpaired) electrons. The second-order valence-corrected chi connectivity index (χ2v) is 3.93. The van der Waals surface area contributed by atoms with Crippen molar-refractivity contribution in [2.45, 2.75) is 13.2 Å². The van der Waals surface area contributed by atoms with Crippen LogP contribution in [0.15, 0.2) is 24.3 Å². The summed E-state index contributed by atoms with van der Waals surface area (Å²) in [5.41, 5.74) is 7.36. The minimum absolute atomic E-state index is 0.0462. The molecule has 1 aromatic carbocycles. The van der Waals surface area contributed by atoms with Gasteiger partial charge in [-0.2, -0.15) is 4.98 Å². The van der Waals surface area contributed by atoms with Crippen molar-refractivity contribution in [1.82, 2.24) is 20.5 Å². The summed E-state index contributed by atoms with van der Waals surface area (Å²) >= 11 is 0. The highest BCUT2D eigenvalue weighted by molar-refractivity contribution is 5.90. The van der Waals surface area contributed by atoms with Crippen molar-refractivity contribution in [2.24, 2.45) is 0 Å². The van der Waals surface area contributed by atoms with Gasteiger partial charge in [0.15, 0.2) is 0 Å². The van der Waals surface area contributed by atoms with Gasteiger partial charge in [0.05, 0.1) is 6.61 Å². The van der Waals surface area contributed by atoms with E-state index < -0.39 is 0 Å². The second-order valence-electron chi connectivity index (χ2n) is 3.93. The highest BCUT2D eigenvalue weighted by atomic mass is 16.5. The van der Waals surface area contributed by atoms with E-state index in [4.69, 9.17) is 10.5 Å². The predicted octanol–water partition coefficient (Wildman–Crippen LogP) is 0.463. The smallest absolute Gasteiger partial charge is 0.288 e. The van der Waals surface area contributed by atoms with Crippen LogP contribution in [-0.2, 0) is 17.9 Å². The average Bonchev–Trinajstić information content (AvgIpc) is 2.84. The Balaban J connectivity index is 2.00. The Morgan fingerprint density at radius 1 is 1.42 bits per heavy atom. The molecule has 0 aliphatic carbocycles. The molecule has 100 valence electrons. The van der Waals surface area contributed by atoms with Gasteiger partial charge < -0.3 is 15.8 Å². The van der Waals surface area contributed by atoms with Crippen molar-refractivity contribution in [3.8, 4) is 0 Å². The van der Waals surface area contributed by atoms with E-state index in [1.165, 1.54) is 0 Å². The number of nitrogen functional groups attached to an aromatic ring is 1. The molecule has 0 spiro atoms.